The summed E-state index contributed by atoms with van der Waals surface area (Å²) in [5.41, 5.74) is 0. The number of hydrogen-bond donors (Lipinski definition) is 0. The average Bonchev–Trinajstić information content (AvgIpc) is 3.40. The van der Waals surface area contributed by atoms with Crippen molar-refractivity contribution in [3.63, 3.8) is 0 Å². The standard InChI is InChI=1S/C20H23FN4OS/c1-13(16-11-14-6-7-15(16)10-14)25-19(23-24-20(25)27-9-8-22)12-26-18-5-3-2-4-17(18)21/h2-5,13-16H,6-7,9-12H2,1H3/t13-,14+,15+,16-/m1/s1. The molecule has 0 aliphatic heterocycles. The molecule has 4 rings (SSSR count). The number of hydrogen-bond acceptors (Lipinski definition) is 5. The Kier molecular flexibility index (Phi) is 5.35. The first kappa shape index (κ1) is 18.3. The van der Waals surface area contributed by atoms with E-state index in [2.05, 4.69) is 27.8 Å². The van der Waals surface area contributed by atoms with Crippen molar-refractivity contribution < 1.29 is 9.13 Å². The van der Waals surface area contributed by atoms with Gasteiger partial charge in [0.15, 0.2) is 22.5 Å². The van der Waals surface area contributed by atoms with Gasteiger partial charge in [-0.3, -0.25) is 4.57 Å². The predicted octanol–water partition coefficient (Wildman–Crippen LogP) is 4.61. The largest absolute Gasteiger partial charge is 0.483 e. The van der Waals surface area contributed by atoms with Crippen LogP contribution in [0.2, 0.25) is 0 Å². The third-order valence-electron chi connectivity index (χ3n) is 6.01. The van der Waals surface area contributed by atoms with Gasteiger partial charge in [0, 0.05) is 6.04 Å². The normalized spacial score (nSPS) is 24.7. The van der Waals surface area contributed by atoms with Crippen LogP contribution in [-0.4, -0.2) is 20.5 Å². The fraction of sp³-hybridized carbons (Fsp3) is 0.550. The third kappa shape index (κ3) is 3.68. The molecule has 1 aromatic heterocycles. The van der Waals surface area contributed by atoms with E-state index in [1.807, 2.05) is 0 Å². The molecule has 7 heteroatoms. The Morgan fingerprint density at radius 2 is 2.19 bits per heavy atom. The minimum absolute atomic E-state index is 0.159. The SMILES string of the molecule is C[C@H]([C@H]1C[C@H]2CC[C@H]1C2)n1c(COc2ccccc2F)nnc1SCC#N. The van der Waals surface area contributed by atoms with Crippen LogP contribution in [0, 0.1) is 34.9 Å². The van der Waals surface area contributed by atoms with Gasteiger partial charge in [0.1, 0.15) is 6.61 Å². The Balaban J connectivity index is 1.56. The van der Waals surface area contributed by atoms with Crippen molar-refractivity contribution in [1.29, 1.82) is 5.26 Å². The summed E-state index contributed by atoms with van der Waals surface area (Å²) in [6.07, 6.45) is 5.25. The summed E-state index contributed by atoms with van der Waals surface area (Å²) >= 11 is 1.40. The molecule has 1 heterocycles. The van der Waals surface area contributed by atoms with Crippen molar-refractivity contribution in [2.45, 2.75) is 50.4 Å². The minimum atomic E-state index is -0.385. The van der Waals surface area contributed by atoms with Crippen molar-refractivity contribution in [1.82, 2.24) is 14.8 Å². The van der Waals surface area contributed by atoms with Crippen molar-refractivity contribution in [3.8, 4) is 11.8 Å². The zero-order valence-electron chi connectivity index (χ0n) is 15.3. The van der Waals surface area contributed by atoms with Crippen LogP contribution in [-0.2, 0) is 6.61 Å². The summed E-state index contributed by atoms with van der Waals surface area (Å²) < 4.78 is 21.7. The highest BCUT2D eigenvalue weighted by molar-refractivity contribution is 7.99. The van der Waals surface area contributed by atoms with E-state index in [1.165, 1.54) is 43.5 Å². The Hall–Kier alpha value is -2.07. The van der Waals surface area contributed by atoms with Gasteiger partial charge in [-0.15, -0.1) is 10.2 Å². The molecule has 2 aliphatic rings. The molecular formula is C20H23FN4OS. The number of fused-ring (bicyclic) bond motifs is 2. The lowest BCUT2D eigenvalue weighted by Gasteiger charge is -2.30. The second-order valence-electron chi connectivity index (χ2n) is 7.51. The van der Waals surface area contributed by atoms with Crippen LogP contribution in [0.25, 0.3) is 0 Å². The van der Waals surface area contributed by atoms with Crippen LogP contribution < -0.4 is 4.74 Å². The van der Waals surface area contributed by atoms with E-state index in [9.17, 15) is 4.39 Å². The van der Waals surface area contributed by atoms with Crippen LogP contribution >= 0.6 is 11.8 Å². The Morgan fingerprint density at radius 3 is 2.89 bits per heavy atom. The van der Waals surface area contributed by atoms with Gasteiger partial charge >= 0.3 is 0 Å². The highest BCUT2D eigenvalue weighted by atomic mass is 32.2. The maximum Gasteiger partial charge on any atom is 0.192 e. The minimum Gasteiger partial charge on any atom is -0.483 e. The number of benzene rings is 1. The van der Waals surface area contributed by atoms with E-state index >= 15 is 0 Å². The summed E-state index contributed by atoms with van der Waals surface area (Å²) in [5, 5.41) is 18.3. The molecule has 2 aliphatic carbocycles. The summed E-state index contributed by atoms with van der Waals surface area (Å²) in [6, 6.07) is 8.78. The molecule has 0 unspecified atom stereocenters. The number of halogens is 1. The van der Waals surface area contributed by atoms with Gasteiger partial charge in [-0.1, -0.05) is 30.3 Å². The number of para-hydroxylation sites is 1. The van der Waals surface area contributed by atoms with Crippen LogP contribution in [0.3, 0.4) is 0 Å². The van der Waals surface area contributed by atoms with Crippen LogP contribution in [0.5, 0.6) is 5.75 Å². The van der Waals surface area contributed by atoms with E-state index in [1.54, 1.807) is 18.2 Å². The van der Waals surface area contributed by atoms with Crippen LogP contribution in [0.1, 0.15) is 44.5 Å². The molecule has 0 saturated heterocycles. The Bertz CT molecular complexity index is 849. The van der Waals surface area contributed by atoms with E-state index in [-0.39, 0.29) is 24.2 Å². The fourth-order valence-corrected chi connectivity index (χ4v) is 5.49. The lowest BCUT2D eigenvalue weighted by molar-refractivity contribution is 0.215. The second kappa shape index (κ2) is 7.89. The summed E-state index contributed by atoms with van der Waals surface area (Å²) in [4.78, 5) is 0. The topological polar surface area (TPSA) is 63.7 Å². The van der Waals surface area contributed by atoms with Crippen LogP contribution in [0.15, 0.2) is 29.4 Å². The molecule has 2 aromatic rings. The Morgan fingerprint density at radius 1 is 1.33 bits per heavy atom. The molecule has 1 aromatic carbocycles. The van der Waals surface area contributed by atoms with E-state index in [4.69, 9.17) is 10.00 Å². The first-order valence-corrected chi connectivity index (χ1v) is 10.5. The zero-order valence-corrected chi connectivity index (χ0v) is 16.2. The average molecular weight is 386 g/mol. The maximum atomic E-state index is 13.9. The molecule has 0 amide bonds. The number of aromatic nitrogens is 3. The van der Waals surface area contributed by atoms with E-state index in [0.717, 1.165) is 17.0 Å². The zero-order chi connectivity index (χ0) is 18.8. The lowest BCUT2D eigenvalue weighted by Crippen LogP contribution is -2.24. The predicted molar refractivity (Wildman–Crippen MR) is 101 cm³/mol. The number of nitrogens with zero attached hydrogens (tertiary/aromatic N) is 4. The number of rotatable bonds is 7. The van der Waals surface area contributed by atoms with E-state index in [0.29, 0.717) is 17.5 Å². The molecule has 0 radical (unpaired) electrons. The first-order chi connectivity index (χ1) is 13.2. The van der Waals surface area contributed by atoms with Crippen molar-refractivity contribution >= 4 is 11.8 Å². The van der Waals surface area contributed by atoms with E-state index < -0.39 is 0 Å². The molecule has 5 nitrogen and oxygen atoms in total. The van der Waals surface area contributed by atoms with Crippen molar-refractivity contribution in [2.24, 2.45) is 17.8 Å². The third-order valence-corrected chi connectivity index (χ3v) is 6.82. The quantitative estimate of drug-likeness (QED) is 0.650. The van der Waals surface area contributed by atoms with Gasteiger partial charge in [0.2, 0.25) is 0 Å². The molecule has 0 spiro atoms. The number of nitriles is 1. The van der Waals surface area contributed by atoms with Gasteiger partial charge in [-0.2, -0.15) is 5.26 Å². The highest BCUT2D eigenvalue weighted by Crippen LogP contribution is 2.52. The molecular weight excluding hydrogens is 363 g/mol. The first-order valence-electron chi connectivity index (χ1n) is 9.48. The highest BCUT2D eigenvalue weighted by Gasteiger charge is 2.43. The Labute approximate surface area is 162 Å². The monoisotopic (exact) mass is 386 g/mol. The van der Waals surface area contributed by atoms with Gasteiger partial charge in [0.25, 0.3) is 0 Å². The van der Waals surface area contributed by atoms with Gasteiger partial charge in [-0.25, -0.2) is 4.39 Å². The van der Waals surface area contributed by atoms with Crippen LogP contribution in [0.4, 0.5) is 4.39 Å². The van der Waals surface area contributed by atoms with Gasteiger partial charge < -0.3 is 4.74 Å². The lowest BCUT2D eigenvalue weighted by atomic mass is 9.84. The molecule has 0 N–H and O–H groups in total. The van der Waals surface area contributed by atoms with Crippen molar-refractivity contribution in [3.05, 3.63) is 35.9 Å². The summed E-state index contributed by atoms with van der Waals surface area (Å²) in [5.74, 6) is 3.07. The molecule has 4 atom stereocenters. The molecule has 142 valence electrons. The maximum absolute atomic E-state index is 13.9. The summed E-state index contributed by atoms with van der Waals surface area (Å²) in [7, 11) is 0. The molecule has 2 saturated carbocycles. The second-order valence-corrected chi connectivity index (χ2v) is 8.46. The fourth-order valence-electron chi connectivity index (χ4n) is 4.79. The van der Waals surface area contributed by atoms with Crippen molar-refractivity contribution in [2.75, 3.05) is 5.75 Å². The number of thioether (sulfide) groups is 1. The number of ether oxygens (including phenoxy) is 1. The molecule has 2 bridgehead atoms. The summed E-state index contributed by atoms with van der Waals surface area (Å²) in [6.45, 7) is 2.38. The smallest absolute Gasteiger partial charge is 0.192 e. The van der Waals surface area contributed by atoms with Gasteiger partial charge in [0.05, 0.1) is 11.8 Å². The molecule has 27 heavy (non-hydrogen) atoms. The molecule has 2 fully saturated rings. The van der Waals surface area contributed by atoms with Gasteiger partial charge in [-0.05, 0) is 56.1 Å².